The third kappa shape index (κ3) is 3.84. The van der Waals surface area contributed by atoms with Crippen LogP contribution in [0.25, 0.3) is 0 Å². The number of hydrogen-bond acceptors (Lipinski definition) is 5. The Kier molecular flexibility index (Phi) is 5.69. The van der Waals surface area contributed by atoms with Gasteiger partial charge in [0.25, 0.3) is 5.91 Å². The van der Waals surface area contributed by atoms with Crippen molar-refractivity contribution < 1.29 is 4.79 Å². The Morgan fingerprint density at radius 2 is 2.47 bits per heavy atom. The minimum Gasteiger partial charge on any atom is -0.355 e. The van der Waals surface area contributed by atoms with Crippen LogP contribution in [0.4, 0.5) is 0 Å². The molecule has 0 bridgehead atoms. The van der Waals surface area contributed by atoms with E-state index < -0.39 is 0 Å². The summed E-state index contributed by atoms with van der Waals surface area (Å²) in [6.45, 7) is 1.71. The molecule has 17 heavy (non-hydrogen) atoms. The zero-order valence-electron chi connectivity index (χ0n) is 9.47. The van der Waals surface area contributed by atoms with Gasteiger partial charge < -0.3 is 5.32 Å². The summed E-state index contributed by atoms with van der Waals surface area (Å²) in [5.41, 5.74) is 2.76. The third-order valence-corrected chi connectivity index (χ3v) is 3.08. The van der Waals surface area contributed by atoms with Crippen LogP contribution in [0.5, 0.6) is 0 Å². The number of aliphatic imine (C=N–C) groups is 1. The first-order valence-electron chi connectivity index (χ1n) is 5.14. The Balaban J connectivity index is 0.00000144. The van der Waals surface area contributed by atoms with E-state index in [4.69, 9.17) is 0 Å². The lowest BCUT2D eigenvalue weighted by molar-refractivity contribution is 0.0888. The van der Waals surface area contributed by atoms with Gasteiger partial charge in [-0.2, -0.15) is 0 Å². The Hall–Kier alpha value is -0.830. The number of carbonyl (C=O) groups excluding carboxylic acids is 1. The van der Waals surface area contributed by atoms with Gasteiger partial charge in [-0.25, -0.2) is 0 Å². The summed E-state index contributed by atoms with van der Waals surface area (Å²) >= 11 is 1.42. The molecule has 0 saturated heterocycles. The fourth-order valence-electron chi connectivity index (χ4n) is 1.41. The van der Waals surface area contributed by atoms with Gasteiger partial charge in [-0.05, 0) is 17.9 Å². The quantitative estimate of drug-likeness (QED) is 0.582. The summed E-state index contributed by atoms with van der Waals surface area (Å²) in [6, 6.07) is 3.65. The maximum absolute atomic E-state index is 11.7. The van der Waals surface area contributed by atoms with Crippen molar-refractivity contribution >= 4 is 47.2 Å². The molecule has 0 aromatic carbocycles. The van der Waals surface area contributed by atoms with Crippen LogP contribution in [0.2, 0.25) is 0 Å². The molecule has 0 spiro atoms. The molecule has 7 heteroatoms. The molecule has 0 saturated carbocycles. The second-order valence-corrected chi connectivity index (χ2v) is 4.41. The van der Waals surface area contributed by atoms with E-state index in [9.17, 15) is 4.79 Å². The maximum Gasteiger partial charge on any atom is 0.279 e. The van der Waals surface area contributed by atoms with E-state index in [1.807, 2.05) is 11.4 Å². The van der Waals surface area contributed by atoms with Gasteiger partial charge >= 0.3 is 0 Å². The minimum atomic E-state index is -0.104. The molecule has 0 radical (unpaired) electrons. The van der Waals surface area contributed by atoms with Gasteiger partial charge in [-0.15, -0.1) is 35.3 Å². The number of rotatable bonds is 1. The highest BCUT2D eigenvalue weighted by Crippen LogP contribution is 2.07. The SMILES string of the molecule is CN(NC(=O)c1cccs1)C1=NCCCN1.I. The third-order valence-electron chi connectivity index (χ3n) is 2.21. The lowest BCUT2D eigenvalue weighted by Gasteiger charge is -2.24. The number of thiophene rings is 1. The Bertz CT molecular complexity index is 393. The molecule has 1 aromatic heterocycles. The predicted octanol–water partition coefficient (Wildman–Crippen LogP) is 1.29. The fourth-order valence-corrected chi connectivity index (χ4v) is 2.03. The molecule has 1 aromatic rings. The van der Waals surface area contributed by atoms with E-state index in [0.717, 1.165) is 25.5 Å². The van der Waals surface area contributed by atoms with Crippen LogP contribution in [-0.2, 0) is 0 Å². The van der Waals surface area contributed by atoms with Crippen molar-refractivity contribution in [3.63, 3.8) is 0 Å². The highest BCUT2D eigenvalue weighted by Gasteiger charge is 2.13. The van der Waals surface area contributed by atoms with Crippen molar-refractivity contribution in [2.45, 2.75) is 6.42 Å². The summed E-state index contributed by atoms with van der Waals surface area (Å²) in [6.07, 6.45) is 1.04. The van der Waals surface area contributed by atoms with Crippen molar-refractivity contribution in [3.05, 3.63) is 22.4 Å². The highest BCUT2D eigenvalue weighted by atomic mass is 127. The van der Waals surface area contributed by atoms with Crippen LogP contribution in [-0.4, -0.2) is 37.0 Å². The zero-order valence-corrected chi connectivity index (χ0v) is 12.6. The van der Waals surface area contributed by atoms with Crippen molar-refractivity contribution in [1.82, 2.24) is 15.8 Å². The molecule has 0 aliphatic carbocycles. The number of carbonyl (C=O) groups is 1. The number of hydrogen-bond donors (Lipinski definition) is 2. The molecule has 2 N–H and O–H groups in total. The maximum atomic E-state index is 11.7. The fraction of sp³-hybridized carbons (Fsp3) is 0.400. The van der Waals surface area contributed by atoms with Crippen LogP contribution in [0, 0.1) is 0 Å². The van der Waals surface area contributed by atoms with Gasteiger partial charge in [0.15, 0.2) is 0 Å². The number of nitrogens with zero attached hydrogens (tertiary/aromatic N) is 2. The number of amides is 1. The van der Waals surface area contributed by atoms with Crippen molar-refractivity contribution in [2.24, 2.45) is 4.99 Å². The van der Waals surface area contributed by atoms with Gasteiger partial charge in [0, 0.05) is 20.1 Å². The number of halogens is 1. The molecule has 2 rings (SSSR count). The summed E-state index contributed by atoms with van der Waals surface area (Å²) in [4.78, 5) is 16.7. The second-order valence-electron chi connectivity index (χ2n) is 3.46. The molecule has 1 amide bonds. The van der Waals surface area contributed by atoms with Gasteiger partial charge in [0.05, 0.1) is 4.88 Å². The summed E-state index contributed by atoms with van der Waals surface area (Å²) in [7, 11) is 1.78. The largest absolute Gasteiger partial charge is 0.355 e. The molecule has 1 aliphatic rings. The topological polar surface area (TPSA) is 56.7 Å². The van der Waals surface area contributed by atoms with E-state index in [0.29, 0.717) is 4.88 Å². The number of nitrogens with one attached hydrogen (secondary N) is 2. The van der Waals surface area contributed by atoms with Crippen LogP contribution in [0.3, 0.4) is 0 Å². The molecule has 0 fully saturated rings. The molecule has 0 atom stereocenters. The molecular weight excluding hydrogens is 351 g/mol. The van der Waals surface area contributed by atoms with E-state index in [2.05, 4.69) is 15.7 Å². The lowest BCUT2D eigenvalue weighted by Crippen LogP contribution is -2.50. The van der Waals surface area contributed by atoms with Crippen LogP contribution in [0.15, 0.2) is 22.5 Å². The Labute approximate surface area is 121 Å². The van der Waals surface area contributed by atoms with Crippen LogP contribution >= 0.6 is 35.3 Å². The first-order valence-corrected chi connectivity index (χ1v) is 6.02. The highest BCUT2D eigenvalue weighted by molar-refractivity contribution is 14.0. The van der Waals surface area contributed by atoms with Gasteiger partial charge in [-0.3, -0.25) is 20.2 Å². The van der Waals surface area contributed by atoms with E-state index >= 15 is 0 Å². The minimum absolute atomic E-state index is 0. The van der Waals surface area contributed by atoms with Crippen molar-refractivity contribution in [1.29, 1.82) is 0 Å². The molecule has 94 valence electrons. The van der Waals surface area contributed by atoms with Crippen LogP contribution in [0.1, 0.15) is 16.1 Å². The van der Waals surface area contributed by atoms with E-state index in [-0.39, 0.29) is 29.9 Å². The Morgan fingerprint density at radius 1 is 1.65 bits per heavy atom. The van der Waals surface area contributed by atoms with Crippen molar-refractivity contribution in [2.75, 3.05) is 20.1 Å². The molecule has 2 heterocycles. The summed E-state index contributed by atoms with van der Waals surface area (Å²) in [5, 5.41) is 6.64. The number of hydrazine groups is 1. The van der Waals surface area contributed by atoms with E-state index in [1.165, 1.54) is 11.3 Å². The molecular formula is C10H15IN4OS. The Morgan fingerprint density at radius 3 is 3.06 bits per heavy atom. The normalized spacial score (nSPS) is 14.1. The monoisotopic (exact) mass is 366 g/mol. The predicted molar refractivity (Wildman–Crippen MR) is 79.9 cm³/mol. The van der Waals surface area contributed by atoms with Crippen LogP contribution < -0.4 is 10.7 Å². The van der Waals surface area contributed by atoms with Gasteiger partial charge in [-0.1, -0.05) is 6.07 Å². The molecule has 0 unspecified atom stereocenters. The molecule has 1 aliphatic heterocycles. The number of guanidine groups is 1. The first kappa shape index (κ1) is 14.2. The summed E-state index contributed by atoms with van der Waals surface area (Å²) < 4.78 is 0. The second kappa shape index (κ2) is 6.80. The lowest BCUT2D eigenvalue weighted by atomic mass is 10.4. The van der Waals surface area contributed by atoms with Crippen molar-refractivity contribution in [3.8, 4) is 0 Å². The first-order chi connectivity index (χ1) is 7.77. The average Bonchev–Trinajstić information content (AvgIpc) is 2.83. The molecule has 5 nitrogen and oxygen atoms in total. The van der Waals surface area contributed by atoms with Gasteiger partial charge in [0.1, 0.15) is 0 Å². The standard InChI is InChI=1S/C10H14N4OS.HI/c1-14(10-11-5-3-6-12-10)13-9(15)8-4-2-7-16-8;/h2,4,7H,3,5-6H2,1H3,(H,11,12)(H,13,15);1H. The van der Waals surface area contributed by atoms with E-state index in [1.54, 1.807) is 18.1 Å². The zero-order chi connectivity index (χ0) is 11.4. The average molecular weight is 366 g/mol. The van der Waals surface area contributed by atoms with Gasteiger partial charge in [0.2, 0.25) is 5.96 Å². The smallest absolute Gasteiger partial charge is 0.279 e. The summed E-state index contributed by atoms with van der Waals surface area (Å²) in [5.74, 6) is 0.615.